The van der Waals surface area contributed by atoms with Gasteiger partial charge in [-0.05, 0) is 36.1 Å². The highest BCUT2D eigenvalue weighted by atomic mass is 35.5. The van der Waals surface area contributed by atoms with E-state index in [2.05, 4.69) is 10.9 Å². The Labute approximate surface area is 130 Å². The Balaban J connectivity index is 1.80. The van der Waals surface area contributed by atoms with Gasteiger partial charge in [0.25, 0.3) is 11.8 Å². The summed E-state index contributed by atoms with van der Waals surface area (Å²) >= 11 is 7.23. The van der Waals surface area contributed by atoms with Crippen LogP contribution in [0.25, 0.3) is 0 Å². The number of halogens is 1. The summed E-state index contributed by atoms with van der Waals surface area (Å²) in [5.74, 6) is -0.416. The molecule has 1 aromatic carbocycles. The van der Waals surface area contributed by atoms with Crippen LogP contribution in [0.2, 0.25) is 5.02 Å². The molecule has 0 saturated heterocycles. The van der Waals surface area contributed by atoms with Crippen molar-refractivity contribution in [2.45, 2.75) is 6.92 Å². The first-order chi connectivity index (χ1) is 10.1. The Bertz CT molecular complexity index is 644. The number of hydrogen-bond acceptors (Lipinski definition) is 4. The Morgan fingerprint density at radius 2 is 2.10 bits per heavy atom. The monoisotopic (exact) mass is 324 g/mol. The van der Waals surface area contributed by atoms with E-state index in [4.69, 9.17) is 16.3 Å². The van der Waals surface area contributed by atoms with E-state index in [-0.39, 0.29) is 12.5 Å². The van der Waals surface area contributed by atoms with E-state index < -0.39 is 5.91 Å². The fraction of sp³-hybridized carbons (Fsp3) is 0.143. The van der Waals surface area contributed by atoms with Gasteiger partial charge in [0.2, 0.25) is 0 Å². The third-order valence-corrected chi connectivity index (χ3v) is 3.69. The topological polar surface area (TPSA) is 67.4 Å². The lowest BCUT2D eigenvalue weighted by Gasteiger charge is -2.09. The fourth-order valence-electron chi connectivity index (χ4n) is 1.50. The van der Waals surface area contributed by atoms with Crippen molar-refractivity contribution >= 4 is 34.8 Å². The van der Waals surface area contributed by atoms with Gasteiger partial charge >= 0.3 is 0 Å². The minimum atomic E-state index is -0.475. The molecule has 0 fully saturated rings. The van der Waals surface area contributed by atoms with Crippen LogP contribution < -0.4 is 15.6 Å². The molecule has 110 valence electrons. The van der Waals surface area contributed by atoms with Crippen molar-refractivity contribution in [3.8, 4) is 5.75 Å². The first-order valence-electron chi connectivity index (χ1n) is 6.08. The molecule has 5 nitrogen and oxygen atoms in total. The normalized spacial score (nSPS) is 10.0. The molecule has 0 spiro atoms. The lowest BCUT2D eigenvalue weighted by atomic mass is 10.2. The summed E-state index contributed by atoms with van der Waals surface area (Å²) in [6.45, 7) is 1.65. The number of ether oxygens (including phenoxy) is 1. The molecule has 0 unspecified atom stereocenters. The molecule has 2 N–H and O–H groups in total. The molecule has 7 heteroatoms. The molecule has 0 aliphatic rings. The Hall–Kier alpha value is -2.05. The second kappa shape index (κ2) is 7.10. The van der Waals surface area contributed by atoms with Gasteiger partial charge in [-0.3, -0.25) is 20.4 Å². The van der Waals surface area contributed by atoms with Crippen LogP contribution in [0.3, 0.4) is 0 Å². The van der Waals surface area contributed by atoms with Crippen LogP contribution in [0.5, 0.6) is 5.75 Å². The minimum absolute atomic E-state index is 0.242. The maximum Gasteiger partial charge on any atom is 0.279 e. The van der Waals surface area contributed by atoms with Crippen LogP contribution in [0, 0.1) is 6.92 Å². The Morgan fingerprint density at radius 3 is 2.81 bits per heavy atom. The Kier molecular flexibility index (Phi) is 5.19. The summed E-state index contributed by atoms with van der Waals surface area (Å²) in [6, 6.07) is 8.69. The molecular weight excluding hydrogens is 312 g/mol. The minimum Gasteiger partial charge on any atom is -0.482 e. The third-order valence-electron chi connectivity index (χ3n) is 2.51. The van der Waals surface area contributed by atoms with Crippen LogP contribution in [0.4, 0.5) is 0 Å². The van der Waals surface area contributed by atoms with Crippen molar-refractivity contribution in [3.05, 3.63) is 51.2 Å². The van der Waals surface area contributed by atoms with E-state index in [1.807, 2.05) is 13.0 Å². The number of benzene rings is 1. The van der Waals surface area contributed by atoms with Crippen molar-refractivity contribution < 1.29 is 14.3 Å². The number of hydrazine groups is 1. The smallest absolute Gasteiger partial charge is 0.279 e. The largest absolute Gasteiger partial charge is 0.482 e. The summed E-state index contributed by atoms with van der Waals surface area (Å²) < 4.78 is 5.31. The SMILES string of the molecule is Cc1ccc(Cl)c(OCC(=O)NNC(=O)c2cccs2)c1. The molecule has 0 aliphatic heterocycles. The van der Waals surface area contributed by atoms with Gasteiger partial charge < -0.3 is 4.74 Å². The summed E-state index contributed by atoms with van der Waals surface area (Å²) in [5.41, 5.74) is 5.55. The highest BCUT2D eigenvalue weighted by Crippen LogP contribution is 2.24. The standard InChI is InChI=1S/C14H13ClN2O3S/c1-9-4-5-10(15)11(7-9)20-8-13(18)16-17-14(19)12-3-2-6-21-12/h2-7H,8H2,1H3,(H,16,18)(H,17,19). The molecule has 0 saturated carbocycles. The zero-order valence-electron chi connectivity index (χ0n) is 11.2. The van der Waals surface area contributed by atoms with Crippen LogP contribution >= 0.6 is 22.9 Å². The highest BCUT2D eigenvalue weighted by molar-refractivity contribution is 7.12. The molecule has 21 heavy (non-hydrogen) atoms. The second-order valence-electron chi connectivity index (χ2n) is 4.20. The predicted octanol–water partition coefficient (Wildman–Crippen LogP) is 2.55. The van der Waals surface area contributed by atoms with Gasteiger partial charge in [-0.1, -0.05) is 23.7 Å². The predicted molar refractivity (Wildman–Crippen MR) is 81.6 cm³/mol. The lowest BCUT2D eigenvalue weighted by molar-refractivity contribution is -0.123. The zero-order chi connectivity index (χ0) is 15.2. The van der Waals surface area contributed by atoms with Gasteiger partial charge in [0.05, 0.1) is 9.90 Å². The van der Waals surface area contributed by atoms with Crippen molar-refractivity contribution in [1.82, 2.24) is 10.9 Å². The maximum absolute atomic E-state index is 11.6. The molecule has 2 rings (SSSR count). The number of hydrogen-bond donors (Lipinski definition) is 2. The molecule has 1 aromatic heterocycles. The first kappa shape index (κ1) is 15.3. The van der Waals surface area contributed by atoms with Gasteiger partial charge in [-0.15, -0.1) is 11.3 Å². The van der Waals surface area contributed by atoms with Crippen LogP contribution in [0.1, 0.15) is 15.2 Å². The number of aryl methyl sites for hydroxylation is 1. The zero-order valence-corrected chi connectivity index (χ0v) is 12.8. The van der Waals surface area contributed by atoms with Crippen molar-refractivity contribution in [3.63, 3.8) is 0 Å². The quantitative estimate of drug-likeness (QED) is 0.849. The molecule has 0 aliphatic carbocycles. The highest BCUT2D eigenvalue weighted by Gasteiger charge is 2.09. The lowest BCUT2D eigenvalue weighted by Crippen LogP contribution is -2.43. The molecule has 0 radical (unpaired) electrons. The number of nitrogens with one attached hydrogen (secondary N) is 2. The number of rotatable bonds is 4. The second-order valence-corrected chi connectivity index (χ2v) is 5.56. The van der Waals surface area contributed by atoms with Gasteiger partial charge in [0.15, 0.2) is 6.61 Å². The van der Waals surface area contributed by atoms with Gasteiger partial charge in [-0.25, -0.2) is 0 Å². The van der Waals surface area contributed by atoms with E-state index in [1.165, 1.54) is 11.3 Å². The summed E-state index contributed by atoms with van der Waals surface area (Å²) in [6.07, 6.45) is 0. The maximum atomic E-state index is 11.6. The number of carbonyl (C=O) groups excluding carboxylic acids is 2. The average Bonchev–Trinajstić information content (AvgIpc) is 3.00. The Morgan fingerprint density at radius 1 is 1.29 bits per heavy atom. The van der Waals surface area contributed by atoms with Gasteiger partial charge in [0, 0.05) is 0 Å². The van der Waals surface area contributed by atoms with Crippen LogP contribution in [-0.4, -0.2) is 18.4 Å². The third kappa shape index (κ3) is 4.47. The van der Waals surface area contributed by atoms with Crippen LogP contribution in [-0.2, 0) is 4.79 Å². The van der Waals surface area contributed by atoms with E-state index in [0.29, 0.717) is 15.6 Å². The molecule has 0 bridgehead atoms. The average molecular weight is 325 g/mol. The van der Waals surface area contributed by atoms with E-state index in [1.54, 1.807) is 29.6 Å². The van der Waals surface area contributed by atoms with E-state index in [0.717, 1.165) is 5.56 Å². The van der Waals surface area contributed by atoms with Crippen molar-refractivity contribution in [2.75, 3.05) is 6.61 Å². The molecule has 1 heterocycles. The summed E-state index contributed by atoms with van der Waals surface area (Å²) in [4.78, 5) is 23.7. The van der Waals surface area contributed by atoms with Crippen LogP contribution in [0.15, 0.2) is 35.7 Å². The van der Waals surface area contributed by atoms with E-state index in [9.17, 15) is 9.59 Å². The first-order valence-corrected chi connectivity index (χ1v) is 7.33. The molecule has 2 amide bonds. The summed E-state index contributed by atoms with van der Waals surface area (Å²) in [5, 5.41) is 2.20. The van der Waals surface area contributed by atoms with Crippen molar-refractivity contribution in [1.29, 1.82) is 0 Å². The molecule has 2 aromatic rings. The number of thiophene rings is 1. The van der Waals surface area contributed by atoms with Gasteiger partial charge in [-0.2, -0.15) is 0 Å². The van der Waals surface area contributed by atoms with Gasteiger partial charge in [0.1, 0.15) is 5.75 Å². The molecule has 0 atom stereocenters. The number of carbonyl (C=O) groups is 2. The number of amides is 2. The fourth-order valence-corrected chi connectivity index (χ4v) is 2.29. The molecular formula is C14H13ClN2O3S. The van der Waals surface area contributed by atoms with E-state index >= 15 is 0 Å². The van der Waals surface area contributed by atoms with Crippen molar-refractivity contribution in [2.24, 2.45) is 0 Å². The summed E-state index contributed by atoms with van der Waals surface area (Å²) in [7, 11) is 0.